The first-order valence-electron chi connectivity index (χ1n) is 11.2. The van der Waals surface area contributed by atoms with Crippen LogP contribution < -0.4 is 22.1 Å². The maximum atomic E-state index is 12.6. The molecule has 0 radical (unpaired) electrons. The molecule has 0 spiro atoms. The van der Waals surface area contributed by atoms with Gasteiger partial charge in [-0.3, -0.25) is 19.1 Å². The van der Waals surface area contributed by atoms with E-state index in [2.05, 4.69) is 20.6 Å². The molecule has 178 valence electrons. The van der Waals surface area contributed by atoms with Crippen molar-refractivity contribution < 1.29 is 9.59 Å². The molecule has 2 heterocycles. The molecule has 0 aliphatic heterocycles. The number of nitrogen functional groups attached to an aromatic ring is 1. The predicted octanol–water partition coefficient (Wildman–Crippen LogP) is 3.86. The molecule has 36 heavy (non-hydrogen) atoms. The van der Waals surface area contributed by atoms with Crippen molar-refractivity contribution >= 4 is 39.9 Å². The minimum Gasteiger partial charge on any atom is -0.397 e. The number of rotatable bonds is 6. The number of benzene rings is 3. The van der Waals surface area contributed by atoms with Gasteiger partial charge in [-0.2, -0.15) is 0 Å². The third-order valence-electron chi connectivity index (χ3n) is 5.70. The number of aromatic amines is 1. The Morgan fingerprint density at radius 2 is 1.67 bits per heavy atom. The Balaban J connectivity index is 1.31. The van der Waals surface area contributed by atoms with Gasteiger partial charge < -0.3 is 21.4 Å². The van der Waals surface area contributed by atoms with Gasteiger partial charge in [0.05, 0.1) is 29.0 Å². The first kappa shape index (κ1) is 22.6. The standard InChI is InChI=1S/C27H22N6O3/c28-20-5-1-2-6-21(20)31-25(34)18-10-8-17(9-11-18)16-33-24-13-12-19(15-23(24)32-27(33)36)30-26(35)22-7-3-4-14-29-22/h1-15H,16,28H2,(H,30,35)(H,31,34)(H,32,36). The van der Waals surface area contributed by atoms with Gasteiger partial charge in [0.2, 0.25) is 0 Å². The highest BCUT2D eigenvalue weighted by molar-refractivity contribution is 6.05. The molecule has 9 nitrogen and oxygen atoms in total. The Morgan fingerprint density at radius 3 is 2.42 bits per heavy atom. The van der Waals surface area contributed by atoms with Crippen molar-refractivity contribution in [3.05, 3.63) is 118 Å². The maximum Gasteiger partial charge on any atom is 0.326 e. The van der Waals surface area contributed by atoms with Crippen LogP contribution >= 0.6 is 0 Å². The van der Waals surface area contributed by atoms with Crippen LogP contribution in [0.25, 0.3) is 11.0 Å². The summed E-state index contributed by atoms with van der Waals surface area (Å²) in [5, 5.41) is 5.58. The van der Waals surface area contributed by atoms with Crippen LogP contribution in [-0.2, 0) is 6.54 Å². The van der Waals surface area contributed by atoms with Crippen molar-refractivity contribution in [1.82, 2.24) is 14.5 Å². The molecule has 0 fully saturated rings. The number of aromatic nitrogens is 3. The Bertz CT molecular complexity index is 1620. The van der Waals surface area contributed by atoms with Gasteiger partial charge in [0.1, 0.15) is 5.69 Å². The minimum atomic E-state index is -0.337. The molecule has 0 aliphatic carbocycles. The largest absolute Gasteiger partial charge is 0.397 e. The summed E-state index contributed by atoms with van der Waals surface area (Å²) in [5.74, 6) is -0.611. The van der Waals surface area contributed by atoms with Crippen LogP contribution in [0, 0.1) is 0 Å². The topological polar surface area (TPSA) is 135 Å². The lowest BCUT2D eigenvalue weighted by Crippen LogP contribution is -2.17. The molecular weight excluding hydrogens is 456 g/mol. The van der Waals surface area contributed by atoms with Crippen LogP contribution in [0.15, 0.2) is 95.9 Å². The second kappa shape index (κ2) is 9.59. The highest BCUT2D eigenvalue weighted by Crippen LogP contribution is 2.20. The molecular formula is C27H22N6O3. The Kier molecular flexibility index (Phi) is 6.02. The van der Waals surface area contributed by atoms with E-state index < -0.39 is 0 Å². The number of hydrogen-bond donors (Lipinski definition) is 4. The average Bonchev–Trinajstić information content (AvgIpc) is 3.20. The summed E-state index contributed by atoms with van der Waals surface area (Å²) in [4.78, 5) is 44.4. The fourth-order valence-electron chi connectivity index (χ4n) is 3.84. The highest BCUT2D eigenvalue weighted by atomic mass is 16.2. The van der Waals surface area contributed by atoms with Gasteiger partial charge in [-0.1, -0.05) is 30.3 Å². The van der Waals surface area contributed by atoms with E-state index in [1.807, 2.05) is 0 Å². The number of fused-ring (bicyclic) bond motifs is 1. The van der Waals surface area contributed by atoms with E-state index in [1.165, 1.54) is 0 Å². The number of nitrogens with one attached hydrogen (secondary N) is 3. The molecule has 2 amide bonds. The van der Waals surface area contributed by atoms with Gasteiger partial charge in [-0.05, 0) is 60.2 Å². The highest BCUT2D eigenvalue weighted by Gasteiger charge is 2.12. The van der Waals surface area contributed by atoms with E-state index in [0.29, 0.717) is 45.9 Å². The zero-order valence-electron chi connectivity index (χ0n) is 19.1. The molecule has 0 saturated heterocycles. The fourth-order valence-corrected chi connectivity index (χ4v) is 3.84. The molecule has 0 aliphatic rings. The number of para-hydroxylation sites is 2. The van der Waals surface area contributed by atoms with Crippen LogP contribution in [0.4, 0.5) is 17.1 Å². The second-order valence-corrected chi connectivity index (χ2v) is 8.16. The van der Waals surface area contributed by atoms with Gasteiger partial charge in [-0.25, -0.2) is 4.79 Å². The van der Waals surface area contributed by atoms with Crippen LogP contribution in [0.1, 0.15) is 26.4 Å². The summed E-state index contributed by atoms with van der Waals surface area (Å²) in [5.41, 5.74) is 10.1. The molecule has 5 rings (SSSR count). The molecule has 5 aromatic rings. The summed E-state index contributed by atoms with van der Waals surface area (Å²) < 4.78 is 1.60. The van der Waals surface area contributed by atoms with E-state index in [9.17, 15) is 14.4 Å². The third kappa shape index (κ3) is 4.71. The van der Waals surface area contributed by atoms with Gasteiger partial charge in [0, 0.05) is 17.4 Å². The second-order valence-electron chi connectivity index (χ2n) is 8.16. The van der Waals surface area contributed by atoms with E-state index >= 15 is 0 Å². The first-order chi connectivity index (χ1) is 17.5. The van der Waals surface area contributed by atoms with Crippen LogP contribution in [0.3, 0.4) is 0 Å². The molecule has 0 saturated carbocycles. The fraction of sp³-hybridized carbons (Fsp3) is 0.0370. The van der Waals surface area contributed by atoms with E-state index in [0.717, 1.165) is 5.56 Å². The third-order valence-corrected chi connectivity index (χ3v) is 5.70. The van der Waals surface area contributed by atoms with Gasteiger partial charge >= 0.3 is 5.69 Å². The molecule has 5 N–H and O–H groups in total. The van der Waals surface area contributed by atoms with E-state index in [1.54, 1.807) is 95.7 Å². The SMILES string of the molecule is Nc1ccccc1NC(=O)c1ccc(Cn2c(=O)[nH]c3cc(NC(=O)c4ccccn4)ccc32)cc1. The number of hydrogen-bond acceptors (Lipinski definition) is 5. The Labute approximate surface area is 205 Å². The zero-order valence-corrected chi connectivity index (χ0v) is 19.1. The summed E-state index contributed by atoms with van der Waals surface area (Å²) in [6, 6.07) is 24.4. The number of pyridine rings is 1. The Hall–Kier alpha value is -5.18. The van der Waals surface area contributed by atoms with Gasteiger partial charge in [0.25, 0.3) is 11.8 Å². The maximum absolute atomic E-state index is 12.6. The van der Waals surface area contributed by atoms with E-state index in [-0.39, 0.29) is 17.5 Å². The lowest BCUT2D eigenvalue weighted by Gasteiger charge is -2.09. The molecule has 0 atom stereocenters. The number of carbonyl (C=O) groups excluding carboxylic acids is 2. The number of H-pyrrole nitrogens is 1. The van der Waals surface area contributed by atoms with E-state index in [4.69, 9.17) is 5.73 Å². The van der Waals surface area contributed by atoms with Gasteiger partial charge in [-0.15, -0.1) is 0 Å². The van der Waals surface area contributed by atoms with Crippen molar-refractivity contribution in [1.29, 1.82) is 0 Å². The first-order valence-corrected chi connectivity index (χ1v) is 11.2. The zero-order chi connectivity index (χ0) is 25.1. The number of amides is 2. The number of nitrogens with zero attached hydrogens (tertiary/aromatic N) is 2. The molecule has 3 aromatic carbocycles. The smallest absolute Gasteiger partial charge is 0.326 e. The molecule has 9 heteroatoms. The Morgan fingerprint density at radius 1 is 0.889 bits per heavy atom. The van der Waals surface area contributed by atoms with Crippen molar-refractivity contribution in [3.63, 3.8) is 0 Å². The summed E-state index contributed by atoms with van der Waals surface area (Å²) >= 11 is 0. The number of carbonyl (C=O) groups is 2. The van der Waals surface area contributed by atoms with Crippen LogP contribution in [0.2, 0.25) is 0 Å². The normalized spacial score (nSPS) is 10.8. The van der Waals surface area contributed by atoms with Crippen molar-refractivity contribution in [2.45, 2.75) is 6.54 Å². The summed E-state index contributed by atoms with van der Waals surface area (Å²) in [7, 11) is 0. The number of nitrogens with two attached hydrogens (primary N) is 1. The van der Waals surface area contributed by atoms with Crippen LogP contribution in [0.5, 0.6) is 0 Å². The number of anilines is 3. The summed E-state index contributed by atoms with van der Waals surface area (Å²) in [6.07, 6.45) is 1.55. The van der Waals surface area contributed by atoms with Crippen molar-refractivity contribution in [2.75, 3.05) is 16.4 Å². The minimum absolute atomic E-state index is 0.274. The monoisotopic (exact) mass is 478 g/mol. The predicted molar refractivity (Wildman–Crippen MR) is 139 cm³/mol. The average molecular weight is 479 g/mol. The van der Waals surface area contributed by atoms with Crippen molar-refractivity contribution in [3.8, 4) is 0 Å². The lowest BCUT2D eigenvalue weighted by molar-refractivity contribution is 0.101. The molecule has 0 unspecified atom stereocenters. The molecule has 2 aromatic heterocycles. The van der Waals surface area contributed by atoms with Crippen LogP contribution in [-0.4, -0.2) is 26.3 Å². The van der Waals surface area contributed by atoms with Gasteiger partial charge in [0.15, 0.2) is 0 Å². The quantitative estimate of drug-likeness (QED) is 0.275. The molecule has 0 bridgehead atoms. The lowest BCUT2D eigenvalue weighted by atomic mass is 10.1. The number of imidazole rings is 1. The van der Waals surface area contributed by atoms with Crippen molar-refractivity contribution in [2.24, 2.45) is 0 Å². The summed E-state index contributed by atoms with van der Waals surface area (Å²) in [6.45, 7) is 0.312.